The van der Waals surface area contributed by atoms with Crippen LogP contribution in [0.4, 0.5) is 0 Å². The molecule has 0 spiro atoms. The van der Waals surface area contributed by atoms with Crippen LogP contribution in [0.25, 0.3) is 0 Å². The van der Waals surface area contributed by atoms with Gasteiger partial charge in [-0.3, -0.25) is 9.59 Å². The van der Waals surface area contributed by atoms with Crippen molar-refractivity contribution < 1.29 is 19.4 Å². The quantitative estimate of drug-likeness (QED) is 0.809. The van der Waals surface area contributed by atoms with E-state index < -0.39 is 5.97 Å². The first-order chi connectivity index (χ1) is 9.68. The predicted octanol–water partition coefficient (Wildman–Crippen LogP) is 2.17. The van der Waals surface area contributed by atoms with Crippen molar-refractivity contribution in [3.8, 4) is 5.75 Å². The summed E-state index contributed by atoms with van der Waals surface area (Å²) in [4.78, 5) is 24.6. The Hall–Kier alpha value is -2.04. The molecule has 0 fully saturated rings. The highest BCUT2D eigenvalue weighted by molar-refractivity contribution is 5.97. The van der Waals surface area contributed by atoms with Crippen LogP contribution < -0.4 is 4.74 Å². The van der Waals surface area contributed by atoms with E-state index in [2.05, 4.69) is 0 Å². The van der Waals surface area contributed by atoms with E-state index in [-0.39, 0.29) is 12.3 Å². The summed E-state index contributed by atoms with van der Waals surface area (Å²) < 4.78 is 5.57. The number of nitrogens with zero attached hydrogens (tertiary/aromatic N) is 1. The Balaban J connectivity index is 1.87. The van der Waals surface area contributed by atoms with E-state index in [1.165, 1.54) is 0 Å². The van der Waals surface area contributed by atoms with Crippen LogP contribution in [0.15, 0.2) is 24.3 Å². The number of rotatable bonds is 6. The number of fused-ring (bicyclic) bond motifs is 1. The summed E-state index contributed by atoms with van der Waals surface area (Å²) in [5, 5.41) is 8.57. The maximum atomic E-state index is 12.4. The van der Waals surface area contributed by atoms with Crippen LogP contribution in [0.2, 0.25) is 0 Å². The smallest absolute Gasteiger partial charge is 0.303 e. The molecule has 0 aliphatic carbocycles. The predicted molar refractivity (Wildman–Crippen MR) is 73.9 cm³/mol. The van der Waals surface area contributed by atoms with Crippen molar-refractivity contribution in [1.82, 2.24) is 4.90 Å². The third-order valence-corrected chi connectivity index (χ3v) is 3.34. The fraction of sp³-hybridized carbons (Fsp3) is 0.467. The van der Waals surface area contributed by atoms with Crippen LogP contribution >= 0.6 is 0 Å². The fourth-order valence-electron chi connectivity index (χ4n) is 2.28. The summed E-state index contributed by atoms with van der Waals surface area (Å²) >= 11 is 0. The van der Waals surface area contributed by atoms with E-state index in [0.29, 0.717) is 37.4 Å². The lowest BCUT2D eigenvalue weighted by molar-refractivity contribution is -0.137. The van der Waals surface area contributed by atoms with E-state index in [1.54, 1.807) is 11.0 Å². The van der Waals surface area contributed by atoms with Crippen LogP contribution in [-0.2, 0) is 4.79 Å². The van der Waals surface area contributed by atoms with Crippen LogP contribution in [-0.4, -0.2) is 41.6 Å². The lowest BCUT2D eigenvalue weighted by Crippen LogP contribution is -2.33. The molecule has 0 unspecified atom stereocenters. The van der Waals surface area contributed by atoms with Crippen LogP contribution in [0.5, 0.6) is 5.75 Å². The fourth-order valence-corrected chi connectivity index (χ4v) is 2.28. The first-order valence-corrected chi connectivity index (χ1v) is 6.91. The molecular weight excluding hydrogens is 258 g/mol. The van der Waals surface area contributed by atoms with Crippen molar-refractivity contribution in [2.24, 2.45) is 0 Å². The third kappa shape index (κ3) is 3.73. The van der Waals surface area contributed by atoms with Gasteiger partial charge in [0, 0.05) is 13.0 Å². The molecule has 2 rings (SSSR count). The standard InChI is InChI=1S/C15H19NO4/c17-14(18)8-2-1-5-9-16-10-11-20-13-7-4-3-6-12(13)15(16)19/h3-4,6-7H,1-2,5,8-11H2,(H,17,18). The van der Waals surface area contributed by atoms with Crippen molar-refractivity contribution in [2.45, 2.75) is 25.7 Å². The van der Waals surface area contributed by atoms with E-state index in [1.807, 2.05) is 18.2 Å². The van der Waals surface area contributed by atoms with E-state index in [4.69, 9.17) is 9.84 Å². The number of unbranched alkanes of at least 4 members (excludes halogenated alkanes) is 2. The maximum absolute atomic E-state index is 12.4. The number of carboxylic acids is 1. The number of carboxylic acid groups (broad SMARTS) is 1. The Labute approximate surface area is 118 Å². The molecule has 1 heterocycles. The number of para-hydroxylation sites is 1. The average molecular weight is 277 g/mol. The SMILES string of the molecule is O=C(O)CCCCCN1CCOc2ccccc2C1=O. The van der Waals surface area contributed by atoms with Gasteiger partial charge in [-0.2, -0.15) is 0 Å². The monoisotopic (exact) mass is 277 g/mol. The molecule has 0 saturated carbocycles. The molecule has 1 aromatic carbocycles. The molecule has 1 aliphatic heterocycles. The van der Waals surface area contributed by atoms with Crippen molar-refractivity contribution in [3.63, 3.8) is 0 Å². The summed E-state index contributed by atoms with van der Waals surface area (Å²) in [6.45, 7) is 1.72. The largest absolute Gasteiger partial charge is 0.491 e. The summed E-state index contributed by atoms with van der Waals surface area (Å²) in [5.74, 6) is -0.125. The minimum Gasteiger partial charge on any atom is -0.491 e. The number of benzene rings is 1. The van der Waals surface area contributed by atoms with Crippen molar-refractivity contribution in [2.75, 3.05) is 19.7 Å². The summed E-state index contributed by atoms with van der Waals surface area (Å²) in [5.41, 5.74) is 0.607. The Morgan fingerprint density at radius 3 is 2.85 bits per heavy atom. The Bertz CT molecular complexity index is 487. The van der Waals surface area contributed by atoms with Crippen LogP contribution in [0, 0.1) is 0 Å². The normalized spacial score (nSPS) is 14.4. The zero-order valence-corrected chi connectivity index (χ0v) is 11.4. The number of amides is 1. The third-order valence-electron chi connectivity index (χ3n) is 3.34. The second-order valence-electron chi connectivity index (χ2n) is 4.84. The van der Waals surface area contributed by atoms with Crippen molar-refractivity contribution >= 4 is 11.9 Å². The topological polar surface area (TPSA) is 66.8 Å². The number of ether oxygens (including phenoxy) is 1. The molecule has 5 nitrogen and oxygen atoms in total. The van der Waals surface area contributed by atoms with Gasteiger partial charge in [-0.15, -0.1) is 0 Å². The molecule has 108 valence electrons. The van der Waals surface area contributed by atoms with Crippen LogP contribution in [0.1, 0.15) is 36.0 Å². The highest BCUT2D eigenvalue weighted by Gasteiger charge is 2.22. The molecule has 0 atom stereocenters. The zero-order chi connectivity index (χ0) is 14.4. The van der Waals surface area contributed by atoms with Gasteiger partial charge in [-0.05, 0) is 25.0 Å². The molecule has 0 aromatic heterocycles. The van der Waals surface area contributed by atoms with Gasteiger partial charge in [0.15, 0.2) is 0 Å². The van der Waals surface area contributed by atoms with Gasteiger partial charge < -0.3 is 14.7 Å². The second kappa shape index (κ2) is 6.93. The van der Waals surface area contributed by atoms with Crippen molar-refractivity contribution in [3.05, 3.63) is 29.8 Å². The molecule has 20 heavy (non-hydrogen) atoms. The molecular formula is C15H19NO4. The first-order valence-electron chi connectivity index (χ1n) is 6.91. The van der Waals surface area contributed by atoms with Gasteiger partial charge in [0.05, 0.1) is 12.1 Å². The maximum Gasteiger partial charge on any atom is 0.303 e. The molecule has 1 aliphatic rings. The minimum atomic E-state index is -0.766. The molecule has 0 bridgehead atoms. The number of hydrogen-bond donors (Lipinski definition) is 1. The second-order valence-corrected chi connectivity index (χ2v) is 4.84. The number of carbonyl (C=O) groups excluding carboxylic acids is 1. The number of hydrogen-bond acceptors (Lipinski definition) is 3. The molecule has 0 radical (unpaired) electrons. The molecule has 1 N–H and O–H groups in total. The molecule has 5 heteroatoms. The molecule has 1 amide bonds. The average Bonchev–Trinajstić information content (AvgIpc) is 2.59. The van der Waals surface area contributed by atoms with Gasteiger partial charge in [0.2, 0.25) is 0 Å². The number of carbonyl (C=O) groups is 2. The van der Waals surface area contributed by atoms with Crippen LogP contribution in [0.3, 0.4) is 0 Å². The highest BCUT2D eigenvalue weighted by atomic mass is 16.5. The minimum absolute atomic E-state index is 0.00339. The van der Waals surface area contributed by atoms with E-state index in [9.17, 15) is 9.59 Å². The van der Waals surface area contributed by atoms with Gasteiger partial charge in [0.25, 0.3) is 5.91 Å². The Morgan fingerprint density at radius 2 is 2.05 bits per heavy atom. The van der Waals surface area contributed by atoms with E-state index >= 15 is 0 Å². The summed E-state index contributed by atoms with van der Waals surface area (Å²) in [6, 6.07) is 7.27. The van der Waals surface area contributed by atoms with Gasteiger partial charge >= 0.3 is 5.97 Å². The van der Waals surface area contributed by atoms with Gasteiger partial charge in [-0.25, -0.2) is 0 Å². The van der Waals surface area contributed by atoms with Gasteiger partial charge in [-0.1, -0.05) is 18.6 Å². The van der Waals surface area contributed by atoms with E-state index in [0.717, 1.165) is 12.8 Å². The Kier molecular flexibility index (Phi) is 4.98. The zero-order valence-electron chi connectivity index (χ0n) is 11.4. The Morgan fingerprint density at radius 1 is 1.25 bits per heavy atom. The molecule has 1 aromatic rings. The van der Waals surface area contributed by atoms with Gasteiger partial charge in [0.1, 0.15) is 12.4 Å². The van der Waals surface area contributed by atoms with Crippen molar-refractivity contribution in [1.29, 1.82) is 0 Å². The highest BCUT2D eigenvalue weighted by Crippen LogP contribution is 2.22. The molecule has 0 saturated heterocycles. The lowest BCUT2D eigenvalue weighted by Gasteiger charge is -2.19. The summed E-state index contributed by atoms with van der Waals surface area (Å²) in [6.07, 6.45) is 2.49. The number of aliphatic carboxylic acids is 1. The first kappa shape index (κ1) is 14.4. The summed E-state index contributed by atoms with van der Waals surface area (Å²) in [7, 11) is 0. The lowest BCUT2D eigenvalue weighted by atomic mass is 10.1.